The summed E-state index contributed by atoms with van der Waals surface area (Å²) in [6.45, 7) is -0.715. The van der Waals surface area contributed by atoms with Crippen molar-refractivity contribution >= 4 is 5.69 Å². The Hall–Kier alpha value is -1.98. The average molecular weight is 255 g/mol. The van der Waals surface area contributed by atoms with Gasteiger partial charge in [0.2, 0.25) is 0 Å². The number of imidazole rings is 1. The highest BCUT2D eigenvalue weighted by atomic mass is 19.3. The summed E-state index contributed by atoms with van der Waals surface area (Å²) in [5.41, 5.74) is 1.41. The van der Waals surface area contributed by atoms with Crippen molar-refractivity contribution in [2.24, 2.45) is 0 Å². The molecule has 96 valence electrons. The summed E-state index contributed by atoms with van der Waals surface area (Å²) in [7, 11) is 0. The molecule has 0 aliphatic heterocycles. The van der Waals surface area contributed by atoms with E-state index >= 15 is 0 Å². The molecule has 1 heterocycles. The molecule has 0 aliphatic rings. The van der Waals surface area contributed by atoms with E-state index in [2.05, 4.69) is 10.3 Å². The standard InChI is InChI=1S/C12H12F3N3/c1-8-6-9(13)2-3-10(8)17-7-11-16-4-5-18(11)12(14)15/h2-6,12,17H,7H2,1H3. The molecule has 2 aromatic rings. The minimum absolute atomic E-state index is 0.157. The van der Waals surface area contributed by atoms with Crippen LogP contribution in [0.1, 0.15) is 17.9 Å². The van der Waals surface area contributed by atoms with Gasteiger partial charge in [-0.1, -0.05) is 0 Å². The average Bonchev–Trinajstić information content (AvgIpc) is 2.76. The molecule has 18 heavy (non-hydrogen) atoms. The number of alkyl halides is 2. The molecule has 1 N–H and O–H groups in total. The molecule has 0 saturated heterocycles. The van der Waals surface area contributed by atoms with E-state index < -0.39 is 6.55 Å². The molecule has 0 bridgehead atoms. The molecule has 0 atom stereocenters. The van der Waals surface area contributed by atoms with E-state index in [1.54, 1.807) is 13.0 Å². The zero-order valence-electron chi connectivity index (χ0n) is 9.70. The van der Waals surface area contributed by atoms with Crippen LogP contribution in [0.15, 0.2) is 30.6 Å². The van der Waals surface area contributed by atoms with Crippen molar-refractivity contribution in [3.8, 4) is 0 Å². The van der Waals surface area contributed by atoms with Crippen molar-refractivity contribution in [2.45, 2.75) is 20.0 Å². The SMILES string of the molecule is Cc1cc(F)ccc1NCc1nccn1C(F)F. The van der Waals surface area contributed by atoms with Gasteiger partial charge < -0.3 is 5.32 Å². The minimum Gasteiger partial charge on any atom is -0.378 e. The predicted octanol–water partition coefficient (Wildman–Crippen LogP) is 3.34. The number of nitrogens with zero attached hydrogens (tertiary/aromatic N) is 2. The van der Waals surface area contributed by atoms with Crippen LogP contribution in [-0.2, 0) is 6.54 Å². The first kappa shape index (κ1) is 12.5. The van der Waals surface area contributed by atoms with E-state index in [1.165, 1.54) is 24.5 Å². The third-order valence-corrected chi connectivity index (χ3v) is 2.58. The highest BCUT2D eigenvalue weighted by Crippen LogP contribution is 2.18. The Bertz CT molecular complexity index is 537. The number of nitrogens with one attached hydrogen (secondary N) is 1. The monoisotopic (exact) mass is 255 g/mol. The van der Waals surface area contributed by atoms with E-state index in [-0.39, 0.29) is 18.2 Å². The zero-order valence-corrected chi connectivity index (χ0v) is 9.70. The van der Waals surface area contributed by atoms with Crippen molar-refractivity contribution < 1.29 is 13.2 Å². The predicted molar refractivity (Wildman–Crippen MR) is 61.9 cm³/mol. The fourth-order valence-electron chi connectivity index (χ4n) is 1.66. The topological polar surface area (TPSA) is 29.9 Å². The quantitative estimate of drug-likeness (QED) is 0.908. The second-order valence-electron chi connectivity index (χ2n) is 3.84. The number of halogens is 3. The van der Waals surface area contributed by atoms with Gasteiger partial charge in [0.1, 0.15) is 11.6 Å². The lowest BCUT2D eigenvalue weighted by molar-refractivity contribution is 0.0673. The van der Waals surface area contributed by atoms with Gasteiger partial charge in [-0.25, -0.2) is 9.37 Å². The van der Waals surface area contributed by atoms with E-state index in [9.17, 15) is 13.2 Å². The Morgan fingerprint density at radius 1 is 1.39 bits per heavy atom. The highest BCUT2D eigenvalue weighted by molar-refractivity contribution is 5.50. The number of aromatic nitrogens is 2. The molecule has 0 aliphatic carbocycles. The van der Waals surface area contributed by atoms with Crippen LogP contribution in [0.5, 0.6) is 0 Å². The fraction of sp³-hybridized carbons (Fsp3) is 0.250. The minimum atomic E-state index is -2.61. The Balaban J connectivity index is 2.09. The summed E-state index contributed by atoms with van der Waals surface area (Å²) < 4.78 is 38.8. The Labute approximate surface area is 102 Å². The molecule has 0 fully saturated rings. The molecule has 1 aromatic carbocycles. The van der Waals surface area contributed by atoms with Gasteiger partial charge >= 0.3 is 6.55 Å². The van der Waals surface area contributed by atoms with Gasteiger partial charge in [-0.15, -0.1) is 0 Å². The van der Waals surface area contributed by atoms with Crippen LogP contribution in [0.3, 0.4) is 0 Å². The van der Waals surface area contributed by atoms with Gasteiger partial charge in [0.25, 0.3) is 0 Å². The molecule has 2 rings (SSSR count). The normalized spacial score (nSPS) is 10.9. The third-order valence-electron chi connectivity index (χ3n) is 2.58. The van der Waals surface area contributed by atoms with Crippen molar-refractivity contribution in [2.75, 3.05) is 5.32 Å². The van der Waals surface area contributed by atoms with Crippen LogP contribution in [0, 0.1) is 12.7 Å². The van der Waals surface area contributed by atoms with E-state index in [0.29, 0.717) is 11.3 Å². The number of rotatable bonds is 4. The van der Waals surface area contributed by atoms with Crippen LogP contribution >= 0.6 is 0 Å². The van der Waals surface area contributed by atoms with Crippen molar-refractivity contribution in [3.05, 3.63) is 47.8 Å². The molecule has 0 unspecified atom stereocenters. The van der Waals surface area contributed by atoms with Gasteiger partial charge in [0, 0.05) is 18.1 Å². The Morgan fingerprint density at radius 3 is 2.83 bits per heavy atom. The molecular weight excluding hydrogens is 243 g/mol. The lowest BCUT2D eigenvalue weighted by atomic mass is 10.2. The van der Waals surface area contributed by atoms with Crippen LogP contribution in [0.25, 0.3) is 0 Å². The number of hydrogen-bond donors (Lipinski definition) is 1. The smallest absolute Gasteiger partial charge is 0.319 e. The first-order chi connectivity index (χ1) is 8.58. The summed E-state index contributed by atoms with van der Waals surface area (Å²) in [5.74, 6) is -0.0964. The van der Waals surface area contributed by atoms with Gasteiger partial charge in [-0.2, -0.15) is 8.78 Å². The zero-order chi connectivity index (χ0) is 13.1. The molecule has 6 heteroatoms. The summed E-state index contributed by atoms with van der Waals surface area (Å²) in [5, 5.41) is 2.95. The van der Waals surface area contributed by atoms with Crippen LogP contribution in [-0.4, -0.2) is 9.55 Å². The van der Waals surface area contributed by atoms with Gasteiger partial charge in [0.15, 0.2) is 0 Å². The molecule has 0 radical (unpaired) electrons. The molecule has 0 amide bonds. The van der Waals surface area contributed by atoms with Crippen LogP contribution in [0.2, 0.25) is 0 Å². The maximum atomic E-state index is 12.9. The molecule has 0 saturated carbocycles. The second kappa shape index (κ2) is 5.12. The third kappa shape index (κ3) is 2.64. The highest BCUT2D eigenvalue weighted by Gasteiger charge is 2.11. The van der Waals surface area contributed by atoms with Crippen molar-refractivity contribution in [1.82, 2.24) is 9.55 Å². The van der Waals surface area contributed by atoms with Gasteiger partial charge in [-0.3, -0.25) is 4.57 Å². The molecule has 0 spiro atoms. The Kier molecular flexibility index (Phi) is 3.55. The Morgan fingerprint density at radius 2 is 2.17 bits per heavy atom. The molecular formula is C12H12F3N3. The second-order valence-corrected chi connectivity index (χ2v) is 3.84. The molecule has 1 aromatic heterocycles. The first-order valence-corrected chi connectivity index (χ1v) is 5.38. The number of anilines is 1. The summed E-state index contributed by atoms with van der Waals surface area (Å²) in [4.78, 5) is 3.85. The lowest BCUT2D eigenvalue weighted by Gasteiger charge is -2.10. The number of aryl methyl sites for hydroxylation is 1. The maximum Gasteiger partial charge on any atom is 0.319 e. The fourth-order valence-corrected chi connectivity index (χ4v) is 1.66. The summed E-state index contributed by atoms with van der Waals surface area (Å²) in [6, 6.07) is 4.26. The van der Waals surface area contributed by atoms with E-state index in [4.69, 9.17) is 0 Å². The maximum absolute atomic E-state index is 12.9. The summed E-state index contributed by atoms with van der Waals surface area (Å²) >= 11 is 0. The van der Waals surface area contributed by atoms with Crippen LogP contribution in [0.4, 0.5) is 18.9 Å². The van der Waals surface area contributed by atoms with E-state index in [1.807, 2.05) is 0 Å². The first-order valence-electron chi connectivity index (χ1n) is 5.38. The number of hydrogen-bond acceptors (Lipinski definition) is 2. The lowest BCUT2D eigenvalue weighted by Crippen LogP contribution is -2.09. The van der Waals surface area contributed by atoms with Gasteiger partial charge in [0.05, 0.1) is 6.54 Å². The van der Waals surface area contributed by atoms with Crippen molar-refractivity contribution in [1.29, 1.82) is 0 Å². The van der Waals surface area contributed by atoms with Crippen LogP contribution < -0.4 is 5.32 Å². The largest absolute Gasteiger partial charge is 0.378 e. The number of benzene rings is 1. The van der Waals surface area contributed by atoms with E-state index in [0.717, 1.165) is 4.57 Å². The van der Waals surface area contributed by atoms with Crippen molar-refractivity contribution in [3.63, 3.8) is 0 Å². The van der Waals surface area contributed by atoms with Gasteiger partial charge in [-0.05, 0) is 30.7 Å². The summed E-state index contributed by atoms with van der Waals surface area (Å²) in [6.07, 6.45) is 2.54. The molecule has 3 nitrogen and oxygen atoms in total.